The highest BCUT2D eigenvalue weighted by Crippen LogP contribution is 2.35. The summed E-state index contributed by atoms with van der Waals surface area (Å²) in [6, 6.07) is 13.9. The van der Waals surface area contributed by atoms with Gasteiger partial charge in [0, 0.05) is 31.2 Å². The highest BCUT2D eigenvalue weighted by molar-refractivity contribution is 5.85. The lowest BCUT2D eigenvalue weighted by Gasteiger charge is -2.19. The molecule has 0 spiro atoms. The number of hydrogen-bond acceptors (Lipinski definition) is 5. The molecule has 0 fully saturated rings. The molecular weight excluding hydrogens is 412 g/mol. The molecule has 6 nitrogen and oxygen atoms in total. The summed E-state index contributed by atoms with van der Waals surface area (Å²) in [5.41, 5.74) is 5.75. The monoisotopic (exact) mass is 442 g/mol. The summed E-state index contributed by atoms with van der Waals surface area (Å²) in [5.74, 6) is 2.37. The Balaban J connectivity index is 1.33. The molecule has 0 saturated heterocycles. The van der Waals surface area contributed by atoms with Gasteiger partial charge in [0.2, 0.25) is 5.88 Å². The summed E-state index contributed by atoms with van der Waals surface area (Å²) < 4.78 is 14.5. The Morgan fingerprint density at radius 1 is 0.970 bits per heavy atom. The molecule has 0 aliphatic heterocycles. The van der Waals surface area contributed by atoms with Crippen molar-refractivity contribution >= 4 is 11.0 Å². The fourth-order valence-electron chi connectivity index (χ4n) is 4.59. The predicted molar refractivity (Wildman–Crippen MR) is 129 cm³/mol. The summed E-state index contributed by atoms with van der Waals surface area (Å²) in [7, 11) is 0. The Kier molecular flexibility index (Phi) is 6.63. The van der Waals surface area contributed by atoms with Gasteiger partial charge in [-0.15, -0.1) is 0 Å². The van der Waals surface area contributed by atoms with E-state index in [1.807, 2.05) is 48.8 Å². The van der Waals surface area contributed by atoms with Crippen molar-refractivity contribution in [1.82, 2.24) is 19.5 Å². The van der Waals surface area contributed by atoms with Gasteiger partial charge < -0.3 is 14.0 Å². The largest absolute Gasteiger partial charge is 0.437 e. The molecule has 170 valence electrons. The first kappa shape index (κ1) is 21.6. The Labute approximate surface area is 194 Å². The van der Waals surface area contributed by atoms with Crippen molar-refractivity contribution in [3.05, 3.63) is 77.5 Å². The summed E-state index contributed by atoms with van der Waals surface area (Å²) in [5, 5.41) is 0. The lowest BCUT2D eigenvalue weighted by atomic mass is 9.95. The molecule has 0 bridgehead atoms. The van der Waals surface area contributed by atoms with E-state index in [0.717, 1.165) is 61.6 Å². The van der Waals surface area contributed by atoms with E-state index in [1.54, 1.807) is 0 Å². The number of hydrogen-bond donors (Lipinski definition) is 0. The number of pyridine rings is 2. The first-order valence-electron chi connectivity index (χ1n) is 11.9. The molecule has 0 unspecified atom stereocenters. The van der Waals surface area contributed by atoms with E-state index in [-0.39, 0.29) is 0 Å². The maximum Gasteiger partial charge on any atom is 0.247 e. The SMILES string of the molecule is Cc1nc2c(Oc3ccccc3)nc3c(c2n1CCOCCCc1cccnc1)CCCC3. The third kappa shape index (κ3) is 4.91. The lowest BCUT2D eigenvalue weighted by Crippen LogP contribution is -2.13. The topological polar surface area (TPSA) is 62.1 Å². The molecule has 3 aromatic heterocycles. The highest BCUT2D eigenvalue weighted by Gasteiger charge is 2.23. The van der Waals surface area contributed by atoms with Crippen molar-refractivity contribution in [2.24, 2.45) is 0 Å². The van der Waals surface area contributed by atoms with Gasteiger partial charge in [-0.3, -0.25) is 4.98 Å². The Bertz CT molecular complexity index is 1210. The summed E-state index contributed by atoms with van der Waals surface area (Å²) >= 11 is 0. The Morgan fingerprint density at radius 3 is 2.70 bits per heavy atom. The molecule has 0 amide bonds. The predicted octanol–water partition coefficient (Wildman–Crippen LogP) is 5.46. The first-order chi connectivity index (χ1) is 16.3. The fraction of sp³-hybridized carbons (Fsp3) is 0.370. The average molecular weight is 443 g/mol. The quantitative estimate of drug-likeness (QED) is 0.322. The third-order valence-corrected chi connectivity index (χ3v) is 6.22. The van der Waals surface area contributed by atoms with Crippen LogP contribution in [0, 0.1) is 6.92 Å². The van der Waals surface area contributed by atoms with Crippen LogP contribution in [0.3, 0.4) is 0 Å². The average Bonchev–Trinajstić information content (AvgIpc) is 3.19. The van der Waals surface area contributed by atoms with Crippen LogP contribution < -0.4 is 4.74 Å². The number of aryl methyl sites for hydroxylation is 4. The molecule has 0 N–H and O–H groups in total. The molecule has 1 aromatic carbocycles. The van der Waals surface area contributed by atoms with Crippen LogP contribution in [0.2, 0.25) is 0 Å². The molecule has 6 heteroatoms. The number of nitrogens with zero attached hydrogens (tertiary/aromatic N) is 4. The van der Waals surface area contributed by atoms with Crippen molar-refractivity contribution in [2.45, 2.75) is 52.0 Å². The van der Waals surface area contributed by atoms with Crippen LogP contribution in [0.15, 0.2) is 54.9 Å². The zero-order valence-corrected chi connectivity index (χ0v) is 19.2. The van der Waals surface area contributed by atoms with Gasteiger partial charge in [0.1, 0.15) is 11.6 Å². The van der Waals surface area contributed by atoms with Gasteiger partial charge >= 0.3 is 0 Å². The molecule has 0 atom stereocenters. The standard InChI is InChI=1S/C27H30N4O2/c1-20-29-25-26(31(20)16-18-32-17-8-10-21-9-7-15-28-19-21)23-13-5-6-14-24(23)30-27(25)33-22-11-3-2-4-12-22/h2-4,7,9,11-12,15,19H,5-6,8,10,13-14,16-18H2,1H3. The van der Waals surface area contributed by atoms with E-state index in [0.29, 0.717) is 12.5 Å². The van der Waals surface area contributed by atoms with Crippen LogP contribution in [-0.4, -0.2) is 32.7 Å². The number of ether oxygens (including phenoxy) is 2. The third-order valence-electron chi connectivity index (χ3n) is 6.22. The second-order valence-corrected chi connectivity index (χ2v) is 8.55. The normalized spacial score (nSPS) is 13.2. The smallest absolute Gasteiger partial charge is 0.247 e. The zero-order chi connectivity index (χ0) is 22.5. The number of fused-ring (bicyclic) bond motifs is 3. The van der Waals surface area contributed by atoms with E-state index in [1.165, 1.54) is 29.5 Å². The van der Waals surface area contributed by atoms with Gasteiger partial charge in [-0.05, 0) is 74.8 Å². The number of imidazole rings is 1. The van der Waals surface area contributed by atoms with Crippen LogP contribution in [-0.2, 0) is 30.5 Å². The second kappa shape index (κ2) is 10.1. The fourth-order valence-corrected chi connectivity index (χ4v) is 4.59. The van der Waals surface area contributed by atoms with Crippen LogP contribution in [0.4, 0.5) is 0 Å². The van der Waals surface area contributed by atoms with Crippen LogP contribution >= 0.6 is 0 Å². The number of benzene rings is 1. The minimum atomic E-state index is 0.607. The molecule has 1 aliphatic carbocycles. The van der Waals surface area contributed by atoms with Gasteiger partial charge in [0.25, 0.3) is 0 Å². The number of aromatic nitrogens is 4. The van der Waals surface area contributed by atoms with Crippen LogP contribution in [0.5, 0.6) is 11.6 Å². The van der Waals surface area contributed by atoms with Crippen LogP contribution in [0.1, 0.15) is 41.9 Å². The highest BCUT2D eigenvalue weighted by atomic mass is 16.5. The summed E-state index contributed by atoms with van der Waals surface area (Å²) in [6.45, 7) is 4.23. The van der Waals surface area contributed by atoms with Gasteiger partial charge in [-0.25, -0.2) is 9.97 Å². The minimum Gasteiger partial charge on any atom is -0.437 e. The zero-order valence-electron chi connectivity index (χ0n) is 19.2. The van der Waals surface area contributed by atoms with Crippen molar-refractivity contribution in [3.63, 3.8) is 0 Å². The van der Waals surface area contributed by atoms with Crippen molar-refractivity contribution in [2.75, 3.05) is 13.2 Å². The van der Waals surface area contributed by atoms with Crippen molar-refractivity contribution in [3.8, 4) is 11.6 Å². The summed E-state index contributed by atoms with van der Waals surface area (Å²) in [4.78, 5) is 14.0. The number of para-hydroxylation sites is 1. The molecule has 3 heterocycles. The van der Waals surface area contributed by atoms with E-state index in [9.17, 15) is 0 Å². The van der Waals surface area contributed by atoms with Crippen molar-refractivity contribution in [1.29, 1.82) is 0 Å². The van der Waals surface area contributed by atoms with Crippen LogP contribution in [0.25, 0.3) is 11.0 Å². The summed E-state index contributed by atoms with van der Waals surface area (Å²) in [6.07, 6.45) is 10.1. The Morgan fingerprint density at radius 2 is 1.85 bits per heavy atom. The second-order valence-electron chi connectivity index (χ2n) is 8.55. The van der Waals surface area contributed by atoms with Gasteiger partial charge in [0.05, 0.1) is 12.1 Å². The molecule has 4 aromatic rings. The van der Waals surface area contributed by atoms with E-state index < -0.39 is 0 Å². The molecule has 33 heavy (non-hydrogen) atoms. The molecule has 1 aliphatic rings. The maximum atomic E-state index is 6.20. The lowest BCUT2D eigenvalue weighted by molar-refractivity contribution is 0.124. The van der Waals surface area contributed by atoms with Gasteiger partial charge in [-0.1, -0.05) is 24.3 Å². The molecule has 5 rings (SSSR count). The molecular formula is C27H30N4O2. The maximum absolute atomic E-state index is 6.20. The van der Waals surface area contributed by atoms with Gasteiger partial charge in [-0.2, -0.15) is 0 Å². The van der Waals surface area contributed by atoms with E-state index >= 15 is 0 Å². The number of rotatable bonds is 9. The minimum absolute atomic E-state index is 0.607. The van der Waals surface area contributed by atoms with E-state index in [4.69, 9.17) is 19.4 Å². The first-order valence-corrected chi connectivity index (χ1v) is 11.9. The van der Waals surface area contributed by atoms with E-state index in [2.05, 4.69) is 22.5 Å². The molecule has 0 radical (unpaired) electrons. The molecule has 0 saturated carbocycles. The van der Waals surface area contributed by atoms with Gasteiger partial charge in [0.15, 0.2) is 5.52 Å². The Hall–Kier alpha value is -3.25. The van der Waals surface area contributed by atoms with Crippen molar-refractivity contribution < 1.29 is 9.47 Å².